The van der Waals surface area contributed by atoms with Gasteiger partial charge in [-0.3, -0.25) is 0 Å². The zero-order valence-corrected chi connectivity index (χ0v) is 12.5. The summed E-state index contributed by atoms with van der Waals surface area (Å²) in [6.07, 6.45) is -4.60. The highest BCUT2D eigenvalue weighted by Crippen LogP contribution is 2.26. The molecule has 0 fully saturated rings. The molecule has 0 amide bonds. The first-order valence-electron chi connectivity index (χ1n) is 6.09. The van der Waals surface area contributed by atoms with Crippen molar-refractivity contribution >= 4 is 10.0 Å². The van der Waals surface area contributed by atoms with Crippen molar-refractivity contribution in [3.63, 3.8) is 0 Å². The summed E-state index contributed by atoms with van der Waals surface area (Å²) in [5.41, 5.74) is 5.88. The topological polar surface area (TPSA) is 72.6 Å². The van der Waals surface area contributed by atoms with Gasteiger partial charge in [0.05, 0.1) is 12.0 Å². The number of benzene rings is 1. The largest absolute Gasteiger partial charge is 0.496 e. The molecular weight excluding hydrogens is 309 g/mol. The lowest BCUT2D eigenvalue weighted by atomic mass is 10.2. The average Bonchev–Trinajstić information content (AvgIpc) is 2.42. The van der Waals surface area contributed by atoms with Gasteiger partial charge in [0.2, 0.25) is 10.0 Å². The lowest BCUT2D eigenvalue weighted by Gasteiger charge is -2.22. The molecule has 120 valence electrons. The molecule has 0 aliphatic carbocycles. The van der Waals surface area contributed by atoms with Gasteiger partial charge in [0.25, 0.3) is 0 Å². The molecule has 0 aliphatic rings. The number of alkyl halides is 3. The predicted molar refractivity (Wildman–Crippen MR) is 71.4 cm³/mol. The van der Waals surface area contributed by atoms with Gasteiger partial charge in [0.15, 0.2) is 0 Å². The lowest BCUT2D eigenvalue weighted by molar-refractivity contribution is -0.135. The van der Waals surface area contributed by atoms with Crippen molar-refractivity contribution in [3.8, 4) is 5.75 Å². The molecular formula is C12H17F3N2O3S. The molecule has 5 nitrogen and oxygen atoms in total. The fourth-order valence-electron chi connectivity index (χ4n) is 1.79. The van der Waals surface area contributed by atoms with E-state index in [4.69, 9.17) is 10.5 Å². The Morgan fingerprint density at radius 2 is 1.95 bits per heavy atom. The van der Waals surface area contributed by atoms with Crippen molar-refractivity contribution in [2.45, 2.75) is 24.5 Å². The Kier molecular flexibility index (Phi) is 5.60. The van der Waals surface area contributed by atoms with E-state index >= 15 is 0 Å². The van der Waals surface area contributed by atoms with Gasteiger partial charge in [0.1, 0.15) is 12.3 Å². The zero-order valence-electron chi connectivity index (χ0n) is 11.6. The molecule has 2 N–H and O–H groups in total. The van der Waals surface area contributed by atoms with Crippen molar-refractivity contribution in [1.29, 1.82) is 0 Å². The van der Waals surface area contributed by atoms with Crippen molar-refractivity contribution in [3.05, 3.63) is 23.8 Å². The number of rotatable bonds is 6. The third-order valence-electron chi connectivity index (χ3n) is 2.82. The Morgan fingerprint density at radius 3 is 2.38 bits per heavy atom. The molecule has 0 heterocycles. The highest BCUT2D eigenvalue weighted by molar-refractivity contribution is 7.89. The minimum absolute atomic E-state index is 0.0118. The molecule has 0 radical (unpaired) electrons. The van der Waals surface area contributed by atoms with Gasteiger partial charge in [0, 0.05) is 18.7 Å². The second-order valence-electron chi connectivity index (χ2n) is 4.22. The Morgan fingerprint density at radius 1 is 1.33 bits per heavy atom. The summed E-state index contributed by atoms with van der Waals surface area (Å²) in [6, 6.07) is 3.80. The average molecular weight is 326 g/mol. The monoisotopic (exact) mass is 326 g/mol. The summed E-state index contributed by atoms with van der Waals surface area (Å²) in [5, 5.41) is 0. The van der Waals surface area contributed by atoms with Gasteiger partial charge in [-0.15, -0.1) is 0 Å². The van der Waals surface area contributed by atoms with Crippen LogP contribution in [-0.2, 0) is 16.6 Å². The van der Waals surface area contributed by atoms with E-state index in [1.807, 2.05) is 0 Å². The standard InChI is InChI=1S/C12H17F3N2O3S/c1-3-17(8-12(13,14)15)21(18,19)10-4-5-11(20-2)9(6-10)7-16/h4-6H,3,7-8,16H2,1-2H3. The molecule has 0 aromatic heterocycles. The van der Waals surface area contributed by atoms with Crippen molar-refractivity contribution in [2.24, 2.45) is 5.73 Å². The van der Waals surface area contributed by atoms with Gasteiger partial charge in [-0.1, -0.05) is 6.92 Å². The number of halogens is 3. The number of nitrogens with zero attached hydrogens (tertiary/aromatic N) is 1. The molecule has 0 bridgehead atoms. The number of nitrogens with two attached hydrogens (primary N) is 1. The predicted octanol–water partition coefficient (Wildman–Crippen LogP) is 1.73. The van der Waals surface area contributed by atoms with E-state index in [-0.39, 0.29) is 18.0 Å². The molecule has 0 unspecified atom stereocenters. The summed E-state index contributed by atoms with van der Waals surface area (Å²) in [5.74, 6) is 0.385. The maximum Gasteiger partial charge on any atom is 0.402 e. The van der Waals surface area contributed by atoms with Gasteiger partial charge < -0.3 is 10.5 Å². The summed E-state index contributed by atoms with van der Waals surface area (Å²) < 4.78 is 67.2. The van der Waals surface area contributed by atoms with E-state index < -0.39 is 22.7 Å². The Balaban J connectivity index is 3.23. The molecule has 9 heteroatoms. The molecule has 0 spiro atoms. The Labute approximate surface area is 121 Å². The minimum atomic E-state index is -4.60. The van der Waals surface area contributed by atoms with Crippen LogP contribution < -0.4 is 10.5 Å². The minimum Gasteiger partial charge on any atom is -0.496 e. The van der Waals surface area contributed by atoms with E-state index in [1.54, 1.807) is 0 Å². The van der Waals surface area contributed by atoms with Crippen LogP contribution in [0.25, 0.3) is 0 Å². The van der Waals surface area contributed by atoms with Gasteiger partial charge in [-0.25, -0.2) is 8.42 Å². The summed E-state index contributed by atoms with van der Waals surface area (Å²) in [7, 11) is -2.85. The van der Waals surface area contributed by atoms with Crippen LogP contribution in [0.15, 0.2) is 23.1 Å². The molecule has 1 aromatic rings. The normalized spacial score (nSPS) is 12.7. The van der Waals surface area contributed by atoms with Crippen LogP contribution in [-0.4, -0.2) is 39.1 Å². The first-order valence-corrected chi connectivity index (χ1v) is 7.53. The van der Waals surface area contributed by atoms with Gasteiger partial charge >= 0.3 is 6.18 Å². The Bertz CT molecular complexity index is 588. The molecule has 1 aromatic carbocycles. The van der Waals surface area contributed by atoms with Crippen LogP contribution in [0, 0.1) is 0 Å². The number of ether oxygens (including phenoxy) is 1. The summed E-state index contributed by atoms with van der Waals surface area (Å²) >= 11 is 0. The maximum atomic E-state index is 12.5. The lowest BCUT2D eigenvalue weighted by Crippen LogP contribution is -2.38. The summed E-state index contributed by atoms with van der Waals surface area (Å²) in [6.45, 7) is -0.462. The smallest absolute Gasteiger partial charge is 0.402 e. The quantitative estimate of drug-likeness (QED) is 0.864. The van der Waals surface area contributed by atoms with Crippen LogP contribution in [0.4, 0.5) is 13.2 Å². The third kappa shape index (κ3) is 4.32. The SMILES string of the molecule is CCN(CC(F)(F)F)S(=O)(=O)c1ccc(OC)c(CN)c1. The number of hydrogen-bond acceptors (Lipinski definition) is 4. The first kappa shape index (κ1) is 17.7. The van der Waals surface area contributed by atoms with Crippen molar-refractivity contribution < 1.29 is 26.3 Å². The van der Waals surface area contributed by atoms with E-state index in [2.05, 4.69) is 0 Å². The van der Waals surface area contributed by atoms with Crippen LogP contribution in [0.1, 0.15) is 12.5 Å². The van der Waals surface area contributed by atoms with E-state index in [0.717, 1.165) is 0 Å². The van der Waals surface area contributed by atoms with E-state index in [9.17, 15) is 21.6 Å². The third-order valence-corrected chi connectivity index (χ3v) is 4.73. The van der Waals surface area contributed by atoms with Crippen LogP contribution in [0.5, 0.6) is 5.75 Å². The number of methoxy groups -OCH3 is 1. The summed E-state index contributed by atoms with van der Waals surface area (Å²) in [4.78, 5) is -0.241. The van der Waals surface area contributed by atoms with Crippen LogP contribution >= 0.6 is 0 Å². The molecule has 0 saturated heterocycles. The second-order valence-corrected chi connectivity index (χ2v) is 6.16. The van der Waals surface area contributed by atoms with Gasteiger partial charge in [-0.2, -0.15) is 17.5 Å². The Hall–Kier alpha value is -1.32. The van der Waals surface area contributed by atoms with Crippen molar-refractivity contribution in [1.82, 2.24) is 4.31 Å². The number of hydrogen-bond donors (Lipinski definition) is 1. The van der Waals surface area contributed by atoms with E-state index in [1.165, 1.54) is 32.2 Å². The maximum absolute atomic E-state index is 12.5. The van der Waals surface area contributed by atoms with Gasteiger partial charge in [-0.05, 0) is 18.2 Å². The second kappa shape index (κ2) is 6.63. The van der Waals surface area contributed by atoms with Crippen LogP contribution in [0.2, 0.25) is 0 Å². The fraction of sp³-hybridized carbons (Fsp3) is 0.500. The highest BCUT2D eigenvalue weighted by Gasteiger charge is 2.36. The highest BCUT2D eigenvalue weighted by atomic mass is 32.2. The van der Waals surface area contributed by atoms with Crippen molar-refractivity contribution in [2.75, 3.05) is 20.2 Å². The molecule has 0 atom stereocenters. The fourth-order valence-corrected chi connectivity index (χ4v) is 3.28. The van der Waals surface area contributed by atoms with E-state index in [0.29, 0.717) is 15.6 Å². The molecule has 21 heavy (non-hydrogen) atoms. The molecule has 0 saturated carbocycles. The van der Waals surface area contributed by atoms with Crippen LogP contribution in [0.3, 0.4) is 0 Å². The molecule has 0 aliphatic heterocycles. The number of sulfonamides is 1. The first-order chi connectivity index (χ1) is 9.65. The molecule has 1 rings (SSSR count). The zero-order chi connectivity index (χ0) is 16.3.